The maximum atomic E-state index is 11.9. The highest BCUT2D eigenvalue weighted by atomic mass is 32.1. The van der Waals surface area contributed by atoms with E-state index in [0.717, 1.165) is 5.69 Å². The maximum Gasteiger partial charge on any atom is 0.277 e. The minimum atomic E-state index is -0.300. The number of hydrogen-bond donors (Lipinski definition) is 1. The number of para-hydroxylation sites is 1. The van der Waals surface area contributed by atoms with Crippen molar-refractivity contribution in [2.75, 3.05) is 5.32 Å². The lowest BCUT2D eigenvalue weighted by Crippen LogP contribution is -2.13. The van der Waals surface area contributed by atoms with Crippen molar-refractivity contribution in [1.29, 1.82) is 0 Å². The van der Waals surface area contributed by atoms with Gasteiger partial charge < -0.3 is 0 Å². The Bertz CT molecular complexity index is 677. The van der Waals surface area contributed by atoms with Gasteiger partial charge in [-0.3, -0.25) is 10.1 Å². The van der Waals surface area contributed by atoms with Gasteiger partial charge in [0, 0.05) is 6.20 Å². The number of aromatic nitrogens is 4. The van der Waals surface area contributed by atoms with Crippen molar-refractivity contribution in [2.45, 2.75) is 0 Å². The third kappa shape index (κ3) is 2.50. The van der Waals surface area contributed by atoms with Crippen LogP contribution in [-0.4, -0.2) is 25.9 Å². The predicted molar refractivity (Wildman–Crippen MR) is 71.4 cm³/mol. The Morgan fingerprint density at radius 1 is 1.21 bits per heavy atom. The van der Waals surface area contributed by atoms with E-state index in [2.05, 4.69) is 20.6 Å². The topological polar surface area (TPSA) is 72.7 Å². The van der Waals surface area contributed by atoms with E-state index in [1.807, 2.05) is 30.3 Å². The summed E-state index contributed by atoms with van der Waals surface area (Å²) in [6.45, 7) is 0. The van der Waals surface area contributed by atoms with Gasteiger partial charge in [0.25, 0.3) is 5.91 Å². The Labute approximate surface area is 112 Å². The molecule has 7 heteroatoms. The molecule has 1 N–H and O–H groups in total. The molecule has 0 fully saturated rings. The van der Waals surface area contributed by atoms with Gasteiger partial charge in [-0.15, -0.1) is 10.2 Å². The van der Waals surface area contributed by atoms with E-state index >= 15 is 0 Å². The quantitative estimate of drug-likeness (QED) is 0.790. The average Bonchev–Trinajstić information content (AvgIpc) is 3.10. The Balaban J connectivity index is 1.80. The molecule has 1 amide bonds. The van der Waals surface area contributed by atoms with Gasteiger partial charge in [0.2, 0.25) is 5.13 Å². The molecule has 0 saturated heterocycles. The number of carbonyl (C=O) groups excluding carboxylic acids is 1. The first-order chi connectivity index (χ1) is 9.33. The van der Waals surface area contributed by atoms with Gasteiger partial charge in [-0.05, 0) is 18.2 Å². The van der Waals surface area contributed by atoms with Crippen LogP contribution in [0, 0.1) is 0 Å². The zero-order valence-corrected chi connectivity index (χ0v) is 10.5. The third-order valence-corrected chi connectivity index (χ3v) is 3.03. The Hall–Kier alpha value is -2.54. The molecule has 0 atom stereocenters. The van der Waals surface area contributed by atoms with E-state index < -0.39 is 0 Å². The predicted octanol–water partition coefficient (Wildman–Crippen LogP) is 1.98. The zero-order valence-electron chi connectivity index (χ0n) is 9.72. The fourth-order valence-electron chi connectivity index (χ4n) is 1.56. The highest BCUT2D eigenvalue weighted by molar-refractivity contribution is 7.13. The Morgan fingerprint density at radius 2 is 2.05 bits per heavy atom. The van der Waals surface area contributed by atoms with Gasteiger partial charge >= 0.3 is 0 Å². The minimum absolute atomic E-state index is 0.300. The van der Waals surface area contributed by atoms with Gasteiger partial charge in [0.1, 0.15) is 5.51 Å². The molecule has 0 aliphatic rings. The molecule has 0 aliphatic heterocycles. The lowest BCUT2D eigenvalue weighted by Gasteiger charge is -2.00. The molecule has 94 valence electrons. The smallest absolute Gasteiger partial charge is 0.277 e. The molecule has 2 aromatic heterocycles. The Kier molecular flexibility index (Phi) is 3.03. The SMILES string of the molecule is O=C(Nc1nncs1)c1ccn(-c2ccccc2)n1. The average molecular weight is 271 g/mol. The largest absolute Gasteiger partial charge is 0.295 e. The standard InChI is InChI=1S/C12H9N5OS/c18-11(14-12-15-13-8-19-12)10-6-7-17(16-10)9-4-2-1-3-5-9/h1-8H,(H,14,15,18). The van der Waals surface area contributed by atoms with Crippen molar-refractivity contribution >= 4 is 22.4 Å². The highest BCUT2D eigenvalue weighted by Crippen LogP contribution is 2.11. The number of benzene rings is 1. The van der Waals surface area contributed by atoms with Crippen LogP contribution in [0.1, 0.15) is 10.5 Å². The first kappa shape index (κ1) is 11.5. The van der Waals surface area contributed by atoms with Gasteiger partial charge in [-0.1, -0.05) is 29.5 Å². The third-order valence-electron chi connectivity index (χ3n) is 2.42. The molecule has 19 heavy (non-hydrogen) atoms. The van der Waals surface area contributed by atoms with Crippen LogP contribution in [0.5, 0.6) is 0 Å². The van der Waals surface area contributed by atoms with Crippen LogP contribution < -0.4 is 5.32 Å². The summed E-state index contributed by atoms with van der Waals surface area (Å²) in [5.41, 5.74) is 2.79. The summed E-state index contributed by atoms with van der Waals surface area (Å²) in [6.07, 6.45) is 1.74. The molecule has 0 unspecified atom stereocenters. The number of nitrogens with zero attached hydrogens (tertiary/aromatic N) is 4. The van der Waals surface area contributed by atoms with Crippen LogP contribution in [0.15, 0.2) is 48.1 Å². The van der Waals surface area contributed by atoms with Crippen molar-refractivity contribution in [3.8, 4) is 5.69 Å². The summed E-state index contributed by atoms with van der Waals surface area (Å²) in [6, 6.07) is 11.2. The number of rotatable bonds is 3. The second-order valence-corrected chi connectivity index (χ2v) is 4.51. The number of anilines is 1. The molecule has 6 nitrogen and oxygen atoms in total. The number of amides is 1. The maximum absolute atomic E-state index is 11.9. The van der Waals surface area contributed by atoms with Crippen molar-refractivity contribution in [2.24, 2.45) is 0 Å². The van der Waals surface area contributed by atoms with E-state index in [0.29, 0.717) is 10.8 Å². The van der Waals surface area contributed by atoms with Crippen molar-refractivity contribution in [1.82, 2.24) is 20.0 Å². The molecule has 0 bridgehead atoms. The molecule has 0 saturated carbocycles. The molecular weight excluding hydrogens is 262 g/mol. The van der Waals surface area contributed by atoms with Gasteiger partial charge in [0.05, 0.1) is 5.69 Å². The lowest BCUT2D eigenvalue weighted by atomic mass is 10.3. The normalized spacial score (nSPS) is 10.3. The monoisotopic (exact) mass is 271 g/mol. The van der Waals surface area contributed by atoms with Crippen LogP contribution in [-0.2, 0) is 0 Å². The summed E-state index contributed by atoms with van der Waals surface area (Å²) >= 11 is 1.26. The van der Waals surface area contributed by atoms with E-state index in [9.17, 15) is 4.79 Å². The summed E-state index contributed by atoms with van der Waals surface area (Å²) in [7, 11) is 0. The first-order valence-corrected chi connectivity index (χ1v) is 6.39. The molecule has 0 spiro atoms. The molecule has 1 aromatic carbocycles. The molecule has 3 rings (SSSR count). The zero-order chi connectivity index (χ0) is 13.1. The van der Waals surface area contributed by atoms with Crippen LogP contribution in [0.25, 0.3) is 5.69 Å². The highest BCUT2D eigenvalue weighted by Gasteiger charge is 2.11. The van der Waals surface area contributed by atoms with Gasteiger partial charge in [-0.2, -0.15) is 5.10 Å². The van der Waals surface area contributed by atoms with Gasteiger partial charge in [0.15, 0.2) is 5.69 Å². The van der Waals surface area contributed by atoms with E-state index in [1.165, 1.54) is 11.3 Å². The van der Waals surface area contributed by atoms with E-state index in [4.69, 9.17) is 0 Å². The first-order valence-electron chi connectivity index (χ1n) is 5.51. The lowest BCUT2D eigenvalue weighted by molar-refractivity contribution is 0.102. The second kappa shape index (κ2) is 4.99. The van der Waals surface area contributed by atoms with Crippen LogP contribution >= 0.6 is 11.3 Å². The second-order valence-electron chi connectivity index (χ2n) is 3.68. The molecule has 0 radical (unpaired) electrons. The van der Waals surface area contributed by atoms with E-state index in [-0.39, 0.29) is 5.91 Å². The summed E-state index contributed by atoms with van der Waals surface area (Å²) in [4.78, 5) is 11.9. The summed E-state index contributed by atoms with van der Waals surface area (Å²) in [5.74, 6) is -0.300. The van der Waals surface area contributed by atoms with Crippen molar-refractivity contribution in [3.63, 3.8) is 0 Å². The fraction of sp³-hybridized carbons (Fsp3) is 0. The molecule has 3 aromatic rings. The van der Waals surface area contributed by atoms with Crippen molar-refractivity contribution in [3.05, 3.63) is 53.8 Å². The van der Waals surface area contributed by atoms with Crippen molar-refractivity contribution < 1.29 is 4.79 Å². The van der Waals surface area contributed by atoms with Crippen LogP contribution in [0.4, 0.5) is 5.13 Å². The number of nitrogens with one attached hydrogen (secondary N) is 1. The van der Waals surface area contributed by atoms with Crippen LogP contribution in [0.3, 0.4) is 0 Å². The molecule has 0 aliphatic carbocycles. The summed E-state index contributed by atoms with van der Waals surface area (Å²) < 4.78 is 1.65. The Morgan fingerprint density at radius 3 is 2.79 bits per heavy atom. The fourth-order valence-corrected chi connectivity index (χ4v) is 2.00. The van der Waals surface area contributed by atoms with Gasteiger partial charge in [-0.25, -0.2) is 4.68 Å². The van der Waals surface area contributed by atoms with Crippen LogP contribution in [0.2, 0.25) is 0 Å². The number of hydrogen-bond acceptors (Lipinski definition) is 5. The molecule has 2 heterocycles. The summed E-state index contributed by atoms with van der Waals surface area (Å²) in [5, 5.41) is 14.7. The van der Waals surface area contributed by atoms with E-state index in [1.54, 1.807) is 22.5 Å². The number of carbonyl (C=O) groups is 1. The molecular formula is C12H9N5OS. The minimum Gasteiger partial charge on any atom is -0.295 e.